The highest BCUT2D eigenvalue weighted by Crippen LogP contribution is 2.28. The highest BCUT2D eigenvalue weighted by Gasteiger charge is 2.35. The predicted octanol–water partition coefficient (Wildman–Crippen LogP) is -1.09. The van der Waals surface area contributed by atoms with E-state index >= 15 is 0 Å². The number of nitrogens with one attached hydrogen (secondary N) is 1. The lowest BCUT2D eigenvalue weighted by molar-refractivity contribution is -0.121. The molecule has 15 heavy (non-hydrogen) atoms. The van der Waals surface area contributed by atoms with Gasteiger partial charge in [0.2, 0.25) is 5.91 Å². The van der Waals surface area contributed by atoms with Gasteiger partial charge in [0, 0.05) is 23.4 Å². The Morgan fingerprint density at radius 3 is 3.00 bits per heavy atom. The lowest BCUT2D eigenvalue weighted by Gasteiger charge is -2.08. The summed E-state index contributed by atoms with van der Waals surface area (Å²) in [6.07, 6.45) is 2.14. The van der Waals surface area contributed by atoms with Crippen LogP contribution < -0.4 is 21.5 Å². The zero-order valence-corrected chi connectivity index (χ0v) is 8.23. The van der Waals surface area contributed by atoms with Crippen LogP contribution in [0, 0.1) is 11.8 Å². The molecule has 3 nitrogen and oxygen atoms in total. The van der Waals surface area contributed by atoms with Crippen molar-refractivity contribution in [2.45, 2.75) is 0 Å². The summed E-state index contributed by atoms with van der Waals surface area (Å²) in [4.78, 5) is 11.2. The van der Waals surface area contributed by atoms with E-state index in [1.165, 1.54) is 10.4 Å². The Bertz CT molecular complexity index is 547. The summed E-state index contributed by atoms with van der Waals surface area (Å²) in [7, 11) is 0. The third-order valence-corrected chi connectivity index (χ3v) is 3.25. The van der Waals surface area contributed by atoms with Gasteiger partial charge in [-0.3, -0.25) is 4.79 Å². The fourth-order valence-electron chi connectivity index (χ4n) is 2.50. The van der Waals surface area contributed by atoms with Crippen molar-refractivity contribution in [3.8, 4) is 0 Å². The first kappa shape index (κ1) is 8.53. The highest BCUT2D eigenvalue weighted by molar-refractivity contribution is 5.83. The van der Waals surface area contributed by atoms with E-state index in [4.69, 9.17) is 5.73 Å². The first-order chi connectivity index (χ1) is 7.27. The van der Waals surface area contributed by atoms with Crippen molar-refractivity contribution < 1.29 is 4.79 Å². The van der Waals surface area contributed by atoms with Crippen LogP contribution in [0.5, 0.6) is 0 Å². The predicted molar refractivity (Wildman–Crippen MR) is 57.7 cm³/mol. The van der Waals surface area contributed by atoms with Crippen molar-refractivity contribution in [3.05, 3.63) is 34.7 Å². The first-order valence-corrected chi connectivity index (χ1v) is 5.11. The molecule has 2 aliphatic rings. The van der Waals surface area contributed by atoms with Gasteiger partial charge in [-0.2, -0.15) is 0 Å². The van der Waals surface area contributed by atoms with Crippen LogP contribution in [0.25, 0.3) is 11.8 Å². The van der Waals surface area contributed by atoms with Crippen LogP contribution in [-0.2, 0) is 4.79 Å². The van der Waals surface area contributed by atoms with Crippen LogP contribution >= 0.6 is 0 Å². The number of hydrogen-bond donors (Lipinski definition) is 2. The van der Waals surface area contributed by atoms with Crippen LogP contribution in [-0.4, -0.2) is 12.5 Å². The van der Waals surface area contributed by atoms with Gasteiger partial charge >= 0.3 is 0 Å². The van der Waals surface area contributed by atoms with E-state index in [1.807, 2.05) is 12.1 Å². The van der Waals surface area contributed by atoms with Crippen LogP contribution in [0.3, 0.4) is 0 Å². The van der Waals surface area contributed by atoms with Crippen LogP contribution in [0.1, 0.15) is 0 Å². The second-order valence-corrected chi connectivity index (χ2v) is 4.08. The molecule has 2 atom stereocenters. The van der Waals surface area contributed by atoms with Gasteiger partial charge in [-0.1, -0.05) is 30.3 Å². The molecule has 1 saturated heterocycles. The van der Waals surface area contributed by atoms with Gasteiger partial charge in [0.25, 0.3) is 0 Å². The fraction of sp³-hybridized carbons (Fsp3) is 0.250. The maximum absolute atomic E-state index is 11.2. The molecule has 0 bridgehead atoms. The van der Waals surface area contributed by atoms with Crippen molar-refractivity contribution in [2.75, 3.05) is 6.54 Å². The standard InChI is InChI=1S/C12H12N2O/c13-12(15)10-6-14-11-8-4-2-1-3-7(8)5-9(10)11/h1-5,9-10,14H,6H2,(H2,13,15). The molecule has 0 radical (unpaired) electrons. The van der Waals surface area contributed by atoms with E-state index in [9.17, 15) is 4.79 Å². The van der Waals surface area contributed by atoms with Crippen molar-refractivity contribution in [1.29, 1.82) is 0 Å². The third kappa shape index (κ3) is 1.09. The Morgan fingerprint density at radius 1 is 1.40 bits per heavy atom. The van der Waals surface area contributed by atoms with E-state index in [-0.39, 0.29) is 17.7 Å². The number of amides is 1. The maximum atomic E-state index is 11.2. The molecule has 2 unspecified atom stereocenters. The summed E-state index contributed by atoms with van der Waals surface area (Å²) in [5.74, 6) is -0.140. The van der Waals surface area contributed by atoms with Crippen molar-refractivity contribution in [1.82, 2.24) is 5.32 Å². The van der Waals surface area contributed by atoms with Gasteiger partial charge in [-0.15, -0.1) is 0 Å². The number of carbonyl (C=O) groups is 1. The highest BCUT2D eigenvalue weighted by atomic mass is 16.1. The molecule has 1 aromatic carbocycles. The van der Waals surface area contributed by atoms with Gasteiger partial charge in [-0.05, 0) is 5.22 Å². The van der Waals surface area contributed by atoms with E-state index in [0.717, 1.165) is 5.70 Å². The Labute approximate surface area is 87.3 Å². The summed E-state index contributed by atoms with van der Waals surface area (Å²) in [6, 6.07) is 8.18. The molecular formula is C12H12N2O. The summed E-state index contributed by atoms with van der Waals surface area (Å²) < 4.78 is 0. The second kappa shape index (κ2) is 2.86. The lowest BCUT2D eigenvalue weighted by Crippen LogP contribution is -2.29. The average molecular weight is 200 g/mol. The number of rotatable bonds is 1. The molecule has 76 valence electrons. The summed E-state index contributed by atoms with van der Waals surface area (Å²) in [6.45, 7) is 0.667. The van der Waals surface area contributed by atoms with E-state index in [0.29, 0.717) is 6.54 Å². The first-order valence-electron chi connectivity index (χ1n) is 5.11. The second-order valence-electron chi connectivity index (χ2n) is 4.08. The Balaban J connectivity index is 2.19. The summed E-state index contributed by atoms with van der Waals surface area (Å²) in [5.41, 5.74) is 6.54. The minimum Gasteiger partial charge on any atom is -0.387 e. The van der Waals surface area contributed by atoms with E-state index in [1.54, 1.807) is 0 Å². The average Bonchev–Trinajstić information content (AvgIpc) is 2.74. The minimum atomic E-state index is -0.216. The van der Waals surface area contributed by atoms with Gasteiger partial charge < -0.3 is 11.1 Å². The Hall–Kier alpha value is -1.77. The number of fused-ring (bicyclic) bond motifs is 2. The van der Waals surface area contributed by atoms with Crippen molar-refractivity contribution >= 4 is 17.7 Å². The minimum absolute atomic E-state index is 0.0904. The third-order valence-electron chi connectivity index (χ3n) is 3.25. The van der Waals surface area contributed by atoms with Gasteiger partial charge in [0.15, 0.2) is 0 Å². The van der Waals surface area contributed by atoms with Crippen LogP contribution in [0.15, 0.2) is 24.3 Å². The summed E-state index contributed by atoms with van der Waals surface area (Å²) in [5, 5.41) is 5.71. The Kier molecular flexibility index (Phi) is 1.63. The molecule has 3 rings (SSSR count). The number of carbonyl (C=O) groups excluding carboxylic acids is 1. The van der Waals surface area contributed by atoms with Crippen molar-refractivity contribution in [3.63, 3.8) is 0 Å². The molecule has 3 heteroatoms. The number of primary amides is 1. The molecule has 1 aliphatic carbocycles. The van der Waals surface area contributed by atoms with E-state index < -0.39 is 0 Å². The van der Waals surface area contributed by atoms with Gasteiger partial charge in [0.05, 0.1) is 5.92 Å². The smallest absolute Gasteiger partial charge is 0.223 e. The molecule has 0 spiro atoms. The molecule has 1 fully saturated rings. The Morgan fingerprint density at radius 2 is 2.20 bits per heavy atom. The van der Waals surface area contributed by atoms with Crippen LogP contribution in [0.4, 0.5) is 0 Å². The quantitative estimate of drug-likeness (QED) is 0.605. The molecular weight excluding hydrogens is 188 g/mol. The largest absolute Gasteiger partial charge is 0.387 e. The molecule has 1 heterocycles. The molecule has 1 aromatic rings. The molecule has 3 N–H and O–H groups in total. The SMILES string of the molecule is NC(=O)C1CNC2=c3ccccc3=CC21. The maximum Gasteiger partial charge on any atom is 0.223 e. The normalized spacial score (nSPS) is 26.5. The topological polar surface area (TPSA) is 55.1 Å². The summed E-state index contributed by atoms with van der Waals surface area (Å²) >= 11 is 0. The van der Waals surface area contributed by atoms with Crippen LogP contribution in [0.2, 0.25) is 0 Å². The fourth-order valence-corrected chi connectivity index (χ4v) is 2.50. The monoisotopic (exact) mass is 200 g/mol. The van der Waals surface area contributed by atoms with Gasteiger partial charge in [-0.25, -0.2) is 0 Å². The molecule has 0 aromatic heterocycles. The zero-order chi connectivity index (χ0) is 10.4. The molecule has 0 saturated carbocycles. The molecule has 1 aliphatic heterocycles. The number of benzene rings is 1. The van der Waals surface area contributed by atoms with Gasteiger partial charge in [0.1, 0.15) is 0 Å². The molecule has 1 amide bonds. The zero-order valence-electron chi connectivity index (χ0n) is 8.23. The van der Waals surface area contributed by atoms with E-state index in [2.05, 4.69) is 23.5 Å². The van der Waals surface area contributed by atoms with Crippen molar-refractivity contribution in [2.24, 2.45) is 17.6 Å². The number of nitrogens with two attached hydrogens (primary N) is 1. The number of hydrogen-bond acceptors (Lipinski definition) is 2. The lowest BCUT2D eigenvalue weighted by atomic mass is 9.95.